The summed E-state index contributed by atoms with van der Waals surface area (Å²) in [7, 11) is 0. The summed E-state index contributed by atoms with van der Waals surface area (Å²) in [6, 6.07) is 17.9. The fourth-order valence-electron chi connectivity index (χ4n) is 3.23. The van der Waals surface area contributed by atoms with Gasteiger partial charge in [-0.1, -0.05) is 47.7 Å². The van der Waals surface area contributed by atoms with Gasteiger partial charge in [0.25, 0.3) is 0 Å². The number of benzene rings is 2. The number of para-hydroxylation sites is 1. The average molecular weight is 306 g/mol. The van der Waals surface area contributed by atoms with Gasteiger partial charge in [0.05, 0.1) is 5.52 Å². The van der Waals surface area contributed by atoms with Crippen molar-refractivity contribution >= 4 is 16.9 Å². The lowest BCUT2D eigenvalue weighted by Gasteiger charge is -2.35. The van der Waals surface area contributed by atoms with E-state index in [2.05, 4.69) is 10.3 Å². The number of hydrogen-bond donors (Lipinski definition) is 0. The van der Waals surface area contributed by atoms with Crippen LogP contribution in [0.3, 0.4) is 0 Å². The van der Waals surface area contributed by atoms with E-state index in [0.717, 1.165) is 36.0 Å². The Balaban J connectivity index is 1.86. The van der Waals surface area contributed by atoms with Crippen molar-refractivity contribution < 1.29 is 4.79 Å². The lowest BCUT2D eigenvalue weighted by Crippen LogP contribution is -2.41. The summed E-state index contributed by atoms with van der Waals surface area (Å²) in [6.45, 7) is 0.757. The topological polar surface area (TPSA) is 51.0 Å². The molecule has 1 fully saturated rings. The van der Waals surface area contributed by atoms with E-state index < -0.39 is 0 Å². The first-order chi connectivity index (χ1) is 11.3. The van der Waals surface area contributed by atoms with Gasteiger partial charge in [-0.05, 0) is 30.5 Å². The highest BCUT2D eigenvalue weighted by molar-refractivity contribution is 5.78. The number of amides is 1. The number of carbonyl (C=O) groups excluding carboxylic acids is 1. The lowest BCUT2D eigenvalue weighted by molar-refractivity contribution is -0.136. The summed E-state index contributed by atoms with van der Waals surface area (Å²) >= 11 is 0. The molecule has 0 N–H and O–H groups in total. The van der Waals surface area contributed by atoms with Crippen LogP contribution in [-0.2, 0) is 4.79 Å². The van der Waals surface area contributed by atoms with E-state index in [9.17, 15) is 4.79 Å². The molecule has 1 aromatic heterocycles. The number of likely N-dealkylation sites (tertiary alicyclic amines) is 1. The first kappa shape index (κ1) is 13.9. The third-order valence-corrected chi connectivity index (χ3v) is 4.36. The van der Waals surface area contributed by atoms with Gasteiger partial charge in [-0.3, -0.25) is 4.79 Å². The van der Waals surface area contributed by atoms with E-state index in [1.807, 2.05) is 64.2 Å². The van der Waals surface area contributed by atoms with Crippen molar-refractivity contribution in [2.24, 2.45) is 0 Å². The van der Waals surface area contributed by atoms with Crippen molar-refractivity contribution in [3.05, 3.63) is 60.2 Å². The smallest absolute Gasteiger partial charge is 0.224 e. The molecule has 116 valence electrons. The summed E-state index contributed by atoms with van der Waals surface area (Å²) in [5.41, 5.74) is 2.84. The van der Waals surface area contributed by atoms with E-state index >= 15 is 0 Å². The van der Waals surface area contributed by atoms with Crippen LogP contribution in [0.15, 0.2) is 54.6 Å². The number of fused-ring (bicyclic) bond motifs is 1. The van der Waals surface area contributed by atoms with E-state index in [1.165, 1.54) is 0 Å². The predicted molar refractivity (Wildman–Crippen MR) is 87.7 cm³/mol. The zero-order valence-corrected chi connectivity index (χ0v) is 12.8. The molecule has 1 amide bonds. The molecule has 1 atom stereocenters. The van der Waals surface area contributed by atoms with Crippen LogP contribution in [0.2, 0.25) is 0 Å². The van der Waals surface area contributed by atoms with Crippen molar-refractivity contribution in [1.29, 1.82) is 0 Å². The van der Waals surface area contributed by atoms with Gasteiger partial charge in [0.1, 0.15) is 5.52 Å². The maximum Gasteiger partial charge on any atom is 0.224 e. The van der Waals surface area contributed by atoms with Gasteiger partial charge in [0.15, 0.2) is 6.17 Å². The highest BCUT2D eigenvalue weighted by atomic mass is 16.2. The van der Waals surface area contributed by atoms with Gasteiger partial charge in [-0.25, -0.2) is 4.68 Å². The average Bonchev–Trinajstić information content (AvgIpc) is 3.02. The fraction of sp³-hybridized carbons (Fsp3) is 0.278. The fourth-order valence-corrected chi connectivity index (χ4v) is 3.23. The second-order valence-electron chi connectivity index (χ2n) is 5.85. The Morgan fingerprint density at radius 1 is 0.957 bits per heavy atom. The Labute approximate surface area is 134 Å². The number of aromatic nitrogens is 3. The largest absolute Gasteiger partial charge is 0.316 e. The molecule has 2 heterocycles. The van der Waals surface area contributed by atoms with Crippen LogP contribution in [0.25, 0.3) is 11.0 Å². The Morgan fingerprint density at radius 2 is 1.74 bits per heavy atom. The maximum absolute atomic E-state index is 12.5. The molecule has 5 heteroatoms. The van der Waals surface area contributed by atoms with Crippen molar-refractivity contribution in [3.63, 3.8) is 0 Å². The molecule has 1 aliphatic heterocycles. The Hall–Kier alpha value is -2.69. The molecule has 3 aromatic rings. The van der Waals surface area contributed by atoms with Gasteiger partial charge in [0, 0.05) is 13.0 Å². The number of piperidine rings is 1. The van der Waals surface area contributed by atoms with Gasteiger partial charge >= 0.3 is 0 Å². The Bertz CT molecular complexity index is 827. The summed E-state index contributed by atoms with van der Waals surface area (Å²) in [6.07, 6.45) is 2.36. The van der Waals surface area contributed by atoms with Gasteiger partial charge in [-0.2, -0.15) is 0 Å². The van der Waals surface area contributed by atoms with Gasteiger partial charge < -0.3 is 4.90 Å². The second-order valence-corrected chi connectivity index (χ2v) is 5.85. The number of rotatable bonds is 3. The normalized spacial score (nSPS) is 16.7. The van der Waals surface area contributed by atoms with E-state index in [1.54, 1.807) is 0 Å². The molecule has 0 saturated carbocycles. The van der Waals surface area contributed by atoms with E-state index in [0.29, 0.717) is 6.42 Å². The second kappa shape index (κ2) is 5.83. The molecular formula is C18H18N4O. The maximum atomic E-state index is 12.5. The third kappa shape index (κ3) is 2.48. The molecule has 1 saturated heterocycles. The molecule has 5 nitrogen and oxygen atoms in total. The summed E-state index contributed by atoms with van der Waals surface area (Å²) in [5.74, 6) is 0.185. The zero-order chi connectivity index (χ0) is 15.6. The number of nitrogens with zero attached hydrogens (tertiary/aromatic N) is 4. The van der Waals surface area contributed by atoms with Crippen molar-refractivity contribution in [2.75, 3.05) is 6.54 Å². The minimum atomic E-state index is -0.239. The summed E-state index contributed by atoms with van der Waals surface area (Å²) < 4.78 is 1.87. The van der Waals surface area contributed by atoms with Crippen LogP contribution in [-0.4, -0.2) is 32.3 Å². The highest BCUT2D eigenvalue weighted by Gasteiger charge is 2.30. The quantitative estimate of drug-likeness (QED) is 0.747. The zero-order valence-electron chi connectivity index (χ0n) is 12.8. The molecule has 23 heavy (non-hydrogen) atoms. The molecule has 0 radical (unpaired) electrons. The minimum Gasteiger partial charge on any atom is -0.316 e. The van der Waals surface area contributed by atoms with Crippen LogP contribution in [0.4, 0.5) is 0 Å². The molecule has 0 aliphatic carbocycles. The Morgan fingerprint density at radius 3 is 2.57 bits per heavy atom. The predicted octanol–water partition coefficient (Wildman–Crippen LogP) is 2.99. The van der Waals surface area contributed by atoms with Crippen molar-refractivity contribution in [1.82, 2.24) is 19.9 Å². The molecular weight excluding hydrogens is 288 g/mol. The Kier molecular flexibility index (Phi) is 3.54. The van der Waals surface area contributed by atoms with Crippen molar-refractivity contribution in [3.8, 4) is 0 Å². The molecule has 1 unspecified atom stereocenters. The number of hydrogen-bond acceptors (Lipinski definition) is 3. The molecule has 2 aromatic carbocycles. The monoisotopic (exact) mass is 306 g/mol. The van der Waals surface area contributed by atoms with E-state index in [-0.39, 0.29) is 12.1 Å². The van der Waals surface area contributed by atoms with Crippen LogP contribution >= 0.6 is 0 Å². The summed E-state index contributed by atoms with van der Waals surface area (Å²) in [5, 5.41) is 8.61. The van der Waals surface area contributed by atoms with Crippen LogP contribution in [0.1, 0.15) is 31.0 Å². The standard InChI is InChI=1S/C18H18N4O/c23-17-12-6-7-13-21(17)18(14-8-2-1-3-9-14)22-16-11-5-4-10-15(16)19-20-22/h1-5,8-11,18H,6-7,12-13H2. The molecule has 4 rings (SSSR count). The van der Waals surface area contributed by atoms with Crippen LogP contribution < -0.4 is 0 Å². The summed E-state index contributed by atoms with van der Waals surface area (Å²) in [4.78, 5) is 14.4. The highest BCUT2D eigenvalue weighted by Crippen LogP contribution is 2.28. The lowest BCUT2D eigenvalue weighted by atomic mass is 10.1. The first-order valence-electron chi connectivity index (χ1n) is 7.99. The minimum absolute atomic E-state index is 0.185. The van der Waals surface area contributed by atoms with E-state index in [4.69, 9.17) is 0 Å². The van der Waals surface area contributed by atoms with Crippen LogP contribution in [0, 0.1) is 0 Å². The first-order valence-corrected chi connectivity index (χ1v) is 7.99. The molecule has 0 spiro atoms. The molecule has 0 bridgehead atoms. The molecule has 1 aliphatic rings. The SMILES string of the molecule is O=C1CCCCN1C(c1ccccc1)n1nnc2ccccc21. The van der Waals surface area contributed by atoms with Crippen molar-refractivity contribution in [2.45, 2.75) is 25.4 Å². The van der Waals surface area contributed by atoms with Gasteiger partial charge in [0.2, 0.25) is 5.91 Å². The van der Waals surface area contributed by atoms with Crippen LogP contribution in [0.5, 0.6) is 0 Å². The van der Waals surface area contributed by atoms with Gasteiger partial charge in [-0.15, -0.1) is 5.10 Å². The number of carbonyl (C=O) groups is 1. The third-order valence-electron chi connectivity index (χ3n) is 4.36.